The van der Waals surface area contributed by atoms with Crippen LogP contribution in [0.25, 0.3) is 0 Å². The van der Waals surface area contributed by atoms with E-state index in [0.717, 1.165) is 17.9 Å². The van der Waals surface area contributed by atoms with Crippen LogP contribution in [0.15, 0.2) is 0 Å². The van der Waals surface area contributed by atoms with Gasteiger partial charge in [-0.3, -0.25) is 9.80 Å². The van der Waals surface area contributed by atoms with Crippen LogP contribution in [0.1, 0.15) is 52.9 Å². The molecule has 116 valence electrons. The summed E-state index contributed by atoms with van der Waals surface area (Å²) < 4.78 is 0. The lowest BCUT2D eigenvalue weighted by atomic mass is 9.76. The standard InChI is InChI=1S/C17H33N3/c1-12(2)14-6-7-16(18)17(9-14)20-11-15-5-4-8-19(15)10-13(20)3/h12-17H,4-11,18H2,1-3H3. The van der Waals surface area contributed by atoms with E-state index in [9.17, 15) is 0 Å². The summed E-state index contributed by atoms with van der Waals surface area (Å²) in [6.45, 7) is 11.0. The van der Waals surface area contributed by atoms with Gasteiger partial charge >= 0.3 is 0 Å². The SMILES string of the molecule is CC(C)C1CCC(N)C(N2CC3CCCN3CC2C)C1. The summed E-state index contributed by atoms with van der Waals surface area (Å²) in [7, 11) is 0. The lowest BCUT2D eigenvalue weighted by Gasteiger charge is -2.50. The van der Waals surface area contributed by atoms with Crippen LogP contribution in [0.2, 0.25) is 0 Å². The first-order valence-corrected chi connectivity index (χ1v) is 8.81. The number of fused-ring (bicyclic) bond motifs is 1. The Labute approximate surface area is 124 Å². The zero-order chi connectivity index (χ0) is 14.3. The van der Waals surface area contributed by atoms with Crippen LogP contribution >= 0.6 is 0 Å². The van der Waals surface area contributed by atoms with Crippen molar-refractivity contribution in [3.63, 3.8) is 0 Å². The predicted molar refractivity (Wildman–Crippen MR) is 84.7 cm³/mol. The number of hydrogen-bond acceptors (Lipinski definition) is 3. The highest BCUT2D eigenvalue weighted by atomic mass is 15.3. The molecule has 0 bridgehead atoms. The van der Waals surface area contributed by atoms with Crippen LogP contribution in [0.5, 0.6) is 0 Å². The van der Waals surface area contributed by atoms with Crippen molar-refractivity contribution >= 4 is 0 Å². The van der Waals surface area contributed by atoms with Crippen molar-refractivity contribution < 1.29 is 0 Å². The largest absolute Gasteiger partial charge is 0.326 e. The van der Waals surface area contributed by atoms with Crippen molar-refractivity contribution in [2.75, 3.05) is 19.6 Å². The van der Waals surface area contributed by atoms with E-state index in [-0.39, 0.29) is 0 Å². The summed E-state index contributed by atoms with van der Waals surface area (Å²) in [6.07, 6.45) is 6.70. The van der Waals surface area contributed by atoms with Crippen LogP contribution in [0, 0.1) is 11.8 Å². The summed E-state index contributed by atoms with van der Waals surface area (Å²) in [6, 6.07) is 2.54. The van der Waals surface area contributed by atoms with Crippen molar-refractivity contribution in [2.45, 2.75) is 77.0 Å². The molecular weight excluding hydrogens is 246 g/mol. The Balaban J connectivity index is 1.69. The second-order valence-corrected chi connectivity index (χ2v) is 7.89. The molecule has 1 saturated carbocycles. The molecule has 0 spiro atoms. The van der Waals surface area contributed by atoms with Gasteiger partial charge in [0, 0.05) is 37.3 Å². The van der Waals surface area contributed by atoms with E-state index in [1.165, 1.54) is 51.7 Å². The second-order valence-electron chi connectivity index (χ2n) is 7.89. The normalized spacial score (nSPS) is 44.0. The first kappa shape index (κ1) is 14.8. The maximum atomic E-state index is 6.52. The molecule has 1 aliphatic carbocycles. The lowest BCUT2D eigenvalue weighted by molar-refractivity contribution is -0.00313. The molecule has 0 aromatic carbocycles. The Morgan fingerprint density at radius 3 is 2.65 bits per heavy atom. The third-order valence-electron chi connectivity index (χ3n) is 6.26. The van der Waals surface area contributed by atoms with Crippen molar-refractivity contribution in [1.29, 1.82) is 0 Å². The molecule has 0 radical (unpaired) electrons. The zero-order valence-corrected chi connectivity index (χ0v) is 13.6. The fraction of sp³-hybridized carbons (Fsp3) is 1.00. The molecule has 3 nitrogen and oxygen atoms in total. The van der Waals surface area contributed by atoms with Gasteiger partial charge in [-0.1, -0.05) is 13.8 Å². The molecule has 0 aromatic heterocycles. The first-order valence-electron chi connectivity index (χ1n) is 8.81. The van der Waals surface area contributed by atoms with Gasteiger partial charge in [0.1, 0.15) is 0 Å². The third-order valence-corrected chi connectivity index (χ3v) is 6.26. The van der Waals surface area contributed by atoms with E-state index in [1.807, 2.05) is 0 Å². The second kappa shape index (κ2) is 5.94. The topological polar surface area (TPSA) is 32.5 Å². The number of nitrogens with two attached hydrogens (primary N) is 1. The molecule has 5 unspecified atom stereocenters. The molecule has 2 aliphatic heterocycles. The van der Waals surface area contributed by atoms with Gasteiger partial charge in [-0.2, -0.15) is 0 Å². The Morgan fingerprint density at radius 2 is 1.90 bits per heavy atom. The molecule has 0 aromatic rings. The van der Waals surface area contributed by atoms with Crippen molar-refractivity contribution in [2.24, 2.45) is 17.6 Å². The van der Waals surface area contributed by atoms with E-state index in [2.05, 4.69) is 30.6 Å². The van der Waals surface area contributed by atoms with E-state index in [4.69, 9.17) is 5.73 Å². The minimum Gasteiger partial charge on any atom is -0.326 e. The summed E-state index contributed by atoms with van der Waals surface area (Å²) in [5.74, 6) is 1.70. The Hall–Kier alpha value is -0.120. The smallest absolute Gasteiger partial charge is 0.0253 e. The number of rotatable bonds is 2. The van der Waals surface area contributed by atoms with Gasteiger partial charge in [-0.05, 0) is 57.4 Å². The molecule has 20 heavy (non-hydrogen) atoms. The minimum absolute atomic E-state index is 0.403. The molecule has 0 amide bonds. The van der Waals surface area contributed by atoms with Gasteiger partial charge in [0.25, 0.3) is 0 Å². The minimum atomic E-state index is 0.403. The Kier molecular flexibility index (Phi) is 4.40. The monoisotopic (exact) mass is 279 g/mol. The maximum Gasteiger partial charge on any atom is 0.0253 e. The van der Waals surface area contributed by atoms with Gasteiger partial charge in [0.2, 0.25) is 0 Å². The van der Waals surface area contributed by atoms with Gasteiger partial charge in [0.05, 0.1) is 0 Å². The predicted octanol–water partition coefficient (Wildman–Crippen LogP) is 2.31. The first-order chi connectivity index (χ1) is 9.56. The number of hydrogen-bond donors (Lipinski definition) is 1. The van der Waals surface area contributed by atoms with Crippen LogP contribution in [0.3, 0.4) is 0 Å². The highest BCUT2D eigenvalue weighted by Gasteiger charge is 2.41. The van der Waals surface area contributed by atoms with Gasteiger partial charge < -0.3 is 5.73 Å². The fourth-order valence-corrected chi connectivity index (χ4v) is 4.86. The van der Waals surface area contributed by atoms with Gasteiger partial charge in [0.15, 0.2) is 0 Å². The molecule has 3 aliphatic rings. The quantitative estimate of drug-likeness (QED) is 0.842. The lowest BCUT2D eigenvalue weighted by Crippen LogP contribution is -2.62. The summed E-state index contributed by atoms with van der Waals surface area (Å²) in [5.41, 5.74) is 6.52. The highest BCUT2D eigenvalue weighted by molar-refractivity contribution is 4.98. The van der Waals surface area contributed by atoms with Crippen LogP contribution in [0.4, 0.5) is 0 Å². The van der Waals surface area contributed by atoms with Crippen molar-refractivity contribution in [1.82, 2.24) is 9.80 Å². The van der Waals surface area contributed by atoms with E-state index in [1.54, 1.807) is 0 Å². The average molecular weight is 279 g/mol. The molecule has 2 heterocycles. The molecule has 3 heteroatoms. The summed E-state index contributed by atoms with van der Waals surface area (Å²) in [4.78, 5) is 5.50. The Bertz CT molecular complexity index is 326. The fourth-order valence-electron chi connectivity index (χ4n) is 4.86. The molecule has 3 rings (SSSR count). The van der Waals surface area contributed by atoms with E-state index >= 15 is 0 Å². The van der Waals surface area contributed by atoms with E-state index < -0.39 is 0 Å². The van der Waals surface area contributed by atoms with Gasteiger partial charge in [-0.25, -0.2) is 0 Å². The third kappa shape index (κ3) is 2.77. The summed E-state index contributed by atoms with van der Waals surface area (Å²) in [5, 5.41) is 0. The zero-order valence-electron chi connectivity index (χ0n) is 13.6. The maximum absolute atomic E-state index is 6.52. The molecule has 2 N–H and O–H groups in total. The highest BCUT2D eigenvalue weighted by Crippen LogP contribution is 2.35. The average Bonchev–Trinajstić information content (AvgIpc) is 2.85. The van der Waals surface area contributed by atoms with Crippen LogP contribution in [-0.4, -0.2) is 53.6 Å². The molecule has 5 atom stereocenters. The molecule has 2 saturated heterocycles. The molecule has 3 fully saturated rings. The molecular formula is C17H33N3. The van der Waals surface area contributed by atoms with Crippen LogP contribution in [-0.2, 0) is 0 Å². The summed E-state index contributed by atoms with van der Waals surface area (Å²) >= 11 is 0. The number of piperazine rings is 1. The van der Waals surface area contributed by atoms with Crippen LogP contribution < -0.4 is 5.73 Å². The van der Waals surface area contributed by atoms with Crippen molar-refractivity contribution in [3.05, 3.63) is 0 Å². The van der Waals surface area contributed by atoms with E-state index in [0.29, 0.717) is 18.1 Å². The van der Waals surface area contributed by atoms with Crippen molar-refractivity contribution in [3.8, 4) is 0 Å². The Morgan fingerprint density at radius 1 is 1.10 bits per heavy atom. The van der Waals surface area contributed by atoms with Gasteiger partial charge in [-0.15, -0.1) is 0 Å². The number of nitrogens with zero attached hydrogens (tertiary/aromatic N) is 2.